The van der Waals surface area contributed by atoms with Gasteiger partial charge in [-0.25, -0.2) is 0 Å². The molecule has 4 rings (SSSR count). The van der Waals surface area contributed by atoms with E-state index in [0.29, 0.717) is 17.9 Å². The summed E-state index contributed by atoms with van der Waals surface area (Å²) in [6.07, 6.45) is 25.2. The molecule has 0 bridgehead atoms. The predicted molar refractivity (Wildman–Crippen MR) is 203 cm³/mol. The third kappa shape index (κ3) is 11.5. The highest BCUT2D eigenvalue weighted by Crippen LogP contribution is 2.45. The van der Waals surface area contributed by atoms with E-state index in [4.69, 9.17) is 4.74 Å². The van der Waals surface area contributed by atoms with Gasteiger partial charge in [0.25, 0.3) is 30.4 Å². The summed E-state index contributed by atoms with van der Waals surface area (Å²) in [6.45, 7) is 2.51. The first-order valence-electron chi connectivity index (χ1n) is 18.6. The molecule has 0 aliphatic heterocycles. The lowest BCUT2D eigenvalue weighted by Crippen LogP contribution is -2.07. The van der Waals surface area contributed by atoms with Gasteiger partial charge in [-0.3, -0.25) is 13.7 Å². The Morgan fingerprint density at radius 3 is 1.08 bits per heavy atom. The van der Waals surface area contributed by atoms with Crippen LogP contribution in [0.5, 0.6) is 5.75 Å². The van der Waals surface area contributed by atoms with E-state index in [-0.39, 0.29) is 39.3 Å². The quantitative estimate of drug-likeness (QED) is 0.0335. The molecule has 4 aromatic rings. The molecular weight excluding hydrogens is 713 g/mol. The van der Waals surface area contributed by atoms with Crippen molar-refractivity contribution in [3.63, 3.8) is 0 Å². The Balaban J connectivity index is 1.27. The Bertz CT molecular complexity index is 2000. The minimum Gasteiger partial charge on any atom is -0.493 e. The molecule has 0 heterocycles. The summed E-state index contributed by atoms with van der Waals surface area (Å²) in [5.74, 6) is 0.105. The summed E-state index contributed by atoms with van der Waals surface area (Å²) in [7, 11) is -14.8. The molecule has 51 heavy (non-hydrogen) atoms. The van der Waals surface area contributed by atoms with Gasteiger partial charge >= 0.3 is 0 Å². The summed E-state index contributed by atoms with van der Waals surface area (Å²) in [6, 6.07) is 7.20. The molecule has 10 nitrogen and oxygen atoms in total. The maximum absolute atomic E-state index is 12.5. The van der Waals surface area contributed by atoms with Gasteiger partial charge in [0.05, 0.1) is 6.61 Å². The molecule has 284 valence electrons. The Kier molecular flexibility index (Phi) is 15.3. The summed E-state index contributed by atoms with van der Waals surface area (Å²) >= 11 is 0. The molecule has 0 atom stereocenters. The molecular formula is C38H54O10S3. The van der Waals surface area contributed by atoms with E-state index in [1.165, 1.54) is 133 Å². The molecule has 0 radical (unpaired) electrons. The second kappa shape index (κ2) is 19.0. The van der Waals surface area contributed by atoms with Crippen LogP contribution in [0.4, 0.5) is 0 Å². The van der Waals surface area contributed by atoms with Crippen LogP contribution in [-0.4, -0.2) is 45.5 Å². The van der Waals surface area contributed by atoms with Crippen LogP contribution < -0.4 is 4.74 Å². The van der Waals surface area contributed by atoms with E-state index in [0.717, 1.165) is 19.3 Å². The molecule has 13 heteroatoms. The number of ether oxygens (including phenoxy) is 1. The highest BCUT2D eigenvalue weighted by Gasteiger charge is 2.28. The molecule has 0 amide bonds. The molecule has 0 aliphatic rings. The molecule has 0 saturated carbocycles. The number of hydrogen-bond acceptors (Lipinski definition) is 7. The van der Waals surface area contributed by atoms with Crippen molar-refractivity contribution in [2.24, 2.45) is 0 Å². The monoisotopic (exact) mass is 766 g/mol. The second-order valence-electron chi connectivity index (χ2n) is 13.8. The van der Waals surface area contributed by atoms with Gasteiger partial charge in [0.15, 0.2) is 0 Å². The smallest absolute Gasteiger partial charge is 0.295 e. The second-order valence-corrected chi connectivity index (χ2v) is 18.0. The number of hydrogen-bond donors (Lipinski definition) is 3. The Morgan fingerprint density at radius 2 is 0.725 bits per heavy atom. The first kappa shape index (κ1) is 41.2. The van der Waals surface area contributed by atoms with Gasteiger partial charge in [-0.1, -0.05) is 147 Å². The van der Waals surface area contributed by atoms with E-state index in [1.54, 1.807) is 0 Å². The zero-order valence-corrected chi connectivity index (χ0v) is 32.2. The van der Waals surface area contributed by atoms with Crippen LogP contribution in [0.3, 0.4) is 0 Å². The maximum Gasteiger partial charge on any atom is 0.295 e. The van der Waals surface area contributed by atoms with Gasteiger partial charge < -0.3 is 4.74 Å². The zero-order valence-electron chi connectivity index (χ0n) is 29.7. The van der Waals surface area contributed by atoms with Crippen molar-refractivity contribution in [2.45, 2.75) is 150 Å². The van der Waals surface area contributed by atoms with E-state index in [9.17, 15) is 38.9 Å². The fourth-order valence-electron chi connectivity index (χ4n) is 7.17. The van der Waals surface area contributed by atoms with E-state index in [2.05, 4.69) is 6.92 Å². The molecule has 3 N–H and O–H groups in total. The average Bonchev–Trinajstić information content (AvgIpc) is 3.06. The van der Waals surface area contributed by atoms with Crippen molar-refractivity contribution in [3.05, 3.63) is 36.4 Å². The minimum atomic E-state index is -4.98. The fraction of sp³-hybridized carbons (Fsp3) is 0.579. The normalized spacial score (nSPS) is 12.9. The third-order valence-electron chi connectivity index (χ3n) is 9.84. The van der Waals surface area contributed by atoms with Gasteiger partial charge in [-0.2, -0.15) is 25.3 Å². The van der Waals surface area contributed by atoms with Crippen LogP contribution in [0.25, 0.3) is 32.3 Å². The molecule has 0 saturated heterocycles. The van der Waals surface area contributed by atoms with Gasteiger partial charge in [-0.05, 0) is 18.6 Å². The number of unbranched alkanes of at least 4 members (excludes halogenated alkanes) is 19. The molecule has 0 aromatic heterocycles. The molecule has 0 aliphatic carbocycles. The van der Waals surface area contributed by atoms with Crippen LogP contribution in [0.15, 0.2) is 51.1 Å². The molecule has 0 fully saturated rings. The van der Waals surface area contributed by atoms with Gasteiger partial charge in [0.1, 0.15) is 20.4 Å². The first-order valence-corrected chi connectivity index (χ1v) is 22.9. The summed E-state index contributed by atoms with van der Waals surface area (Å²) in [4.78, 5) is -2.06. The van der Waals surface area contributed by atoms with E-state index in [1.807, 2.05) is 0 Å². The van der Waals surface area contributed by atoms with Crippen molar-refractivity contribution in [1.29, 1.82) is 0 Å². The van der Waals surface area contributed by atoms with Crippen LogP contribution in [0, 0.1) is 0 Å². The lowest BCUT2D eigenvalue weighted by molar-refractivity contribution is 0.307. The van der Waals surface area contributed by atoms with Crippen molar-refractivity contribution in [3.8, 4) is 5.75 Å². The van der Waals surface area contributed by atoms with Gasteiger partial charge in [-0.15, -0.1) is 0 Å². The Morgan fingerprint density at radius 1 is 0.431 bits per heavy atom. The fourth-order valence-corrected chi connectivity index (χ4v) is 9.37. The Hall–Kier alpha value is -2.55. The number of benzene rings is 4. The van der Waals surface area contributed by atoms with Crippen molar-refractivity contribution in [2.75, 3.05) is 6.61 Å². The predicted octanol–water partition coefficient (Wildman–Crippen LogP) is 10.5. The molecule has 4 aromatic carbocycles. The highest BCUT2D eigenvalue weighted by atomic mass is 32.2. The lowest BCUT2D eigenvalue weighted by atomic mass is 9.93. The topological polar surface area (TPSA) is 172 Å². The van der Waals surface area contributed by atoms with Crippen molar-refractivity contribution in [1.82, 2.24) is 0 Å². The first-order chi connectivity index (χ1) is 24.2. The maximum atomic E-state index is 12.5. The summed E-state index contributed by atoms with van der Waals surface area (Å²) < 4.78 is 110. The van der Waals surface area contributed by atoms with E-state index < -0.39 is 45.0 Å². The number of rotatable bonds is 25. The average molecular weight is 767 g/mol. The molecule has 0 spiro atoms. The molecule has 0 unspecified atom stereocenters. The van der Waals surface area contributed by atoms with Crippen LogP contribution in [0.2, 0.25) is 0 Å². The minimum absolute atomic E-state index is 0.00877. The van der Waals surface area contributed by atoms with Gasteiger partial charge in [0, 0.05) is 38.4 Å². The van der Waals surface area contributed by atoms with Gasteiger partial charge in [0.2, 0.25) is 0 Å². The lowest BCUT2D eigenvalue weighted by Gasteiger charge is -2.19. The SMILES string of the molecule is CCCCCCCCCCCCCCCCCCCCCCOc1cc(S(=O)(=O)O)c2ccc3c(S(=O)(=O)O)cc(S(=O)(=O)O)c4ccc1c2c43. The Labute approximate surface area is 303 Å². The van der Waals surface area contributed by atoms with Crippen LogP contribution in [-0.2, 0) is 30.4 Å². The highest BCUT2D eigenvalue weighted by molar-refractivity contribution is 7.87. The van der Waals surface area contributed by atoms with Crippen molar-refractivity contribution >= 4 is 62.7 Å². The summed E-state index contributed by atoms with van der Waals surface area (Å²) in [5.41, 5.74) is 0. The third-order valence-corrected chi connectivity index (χ3v) is 12.5. The van der Waals surface area contributed by atoms with E-state index >= 15 is 0 Å². The van der Waals surface area contributed by atoms with Crippen LogP contribution >= 0.6 is 0 Å². The van der Waals surface area contributed by atoms with Crippen LogP contribution in [0.1, 0.15) is 135 Å². The summed E-state index contributed by atoms with van der Waals surface area (Å²) in [5, 5.41) is 0.231. The zero-order chi connectivity index (χ0) is 37.1. The largest absolute Gasteiger partial charge is 0.493 e. The standard InChI is InChI=1S/C38H54O10S3/c1-2-3-4-5-6-7-8-9-10-11-12-13-14-15-16-17-18-19-20-21-26-48-33-27-34(49(39,40)41)30-24-25-32-36(51(45,46)47)28-35(50(42,43)44)31-23-22-29(33)37(30)38(31)32/h22-25,27-28H,2-21,26H2,1H3,(H,39,40,41)(H,42,43,44)(H,45,46,47). The van der Waals surface area contributed by atoms with Crippen molar-refractivity contribution < 1.29 is 43.6 Å².